The number of carbonyl (C=O) groups is 1. The molecule has 104 valence electrons. The van der Waals surface area contributed by atoms with Crippen molar-refractivity contribution in [1.29, 1.82) is 0 Å². The van der Waals surface area contributed by atoms with E-state index >= 15 is 0 Å². The molecular formula is C15H17N3O2. The minimum atomic E-state index is -0.0836. The van der Waals surface area contributed by atoms with Crippen LogP contribution in [0.4, 0.5) is 5.69 Å². The Kier molecular flexibility index (Phi) is 4.94. The number of rotatable bonds is 6. The molecule has 0 fully saturated rings. The van der Waals surface area contributed by atoms with Crippen LogP contribution in [-0.2, 0) is 11.3 Å². The molecule has 1 aromatic carbocycles. The summed E-state index contributed by atoms with van der Waals surface area (Å²) in [4.78, 5) is 15.7. The van der Waals surface area contributed by atoms with Crippen LogP contribution in [0.1, 0.15) is 5.56 Å². The van der Waals surface area contributed by atoms with Crippen molar-refractivity contribution in [2.45, 2.75) is 6.54 Å². The van der Waals surface area contributed by atoms with Crippen molar-refractivity contribution in [3.05, 3.63) is 54.4 Å². The van der Waals surface area contributed by atoms with Crippen LogP contribution < -0.4 is 15.4 Å². The highest BCUT2D eigenvalue weighted by Crippen LogP contribution is 2.22. The Balaban J connectivity index is 1.80. The summed E-state index contributed by atoms with van der Waals surface area (Å²) in [6.07, 6.45) is 3.43. The van der Waals surface area contributed by atoms with Crippen molar-refractivity contribution >= 4 is 11.6 Å². The first-order valence-electron chi connectivity index (χ1n) is 6.32. The average molecular weight is 271 g/mol. The Bertz CT molecular complexity index is 558. The maximum absolute atomic E-state index is 11.8. The molecule has 5 heteroatoms. The highest BCUT2D eigenvalue weighted by atomic mass is 16.5. The highest BCUT2D eigenvalue weighted by molar-refractivity contribution is 5.81. The number of amides is 1. The van der Waals surface area contributed by atoms with Crippen LogP contribution in [0.3, 0.4) is 0 Å². The van der Waals surface area contributed by atoms with Crippen molar-refractivity contribution in [2.24, 2.45) is 0 Å². The molecule has 2 rings (SSSR count). The van der Waals surface area contributed by atoms with Crippen LogP contribution in [-0.4, -0.2) is 24.5 Å². The number of aromatic nitrogens is 1. The number of ether oxygens (including phenoxy) is 1. The molecule has 1 amide bonds. The van der Waals surface area contributed by atoms with Gasteiger partial charge in [-0.1, -0.05) is 18.2 Å². The Morgan fingerprint density at radius 1 is 1.25 bits per heavy atom. The number of carbonyl (C=O) groups excluding carboxylic acids is 1. The van der Waals surface area contributed by atoms with Crippen LogP contribution >= 0.6 is 0 Å². The second-order valence-corrected chi connectivity index (χ2v) is 4.19. The second kappa shape index (κ2) is 7.13. The van der Waals surface area contributed by atoms with Crippen molar-refractivity contribution in [1.82, 2.24) is 10.3 Å². The Hall–Kier alpha value is -2.56. The molecule has 2 aromatic rings. The van der Waals surface area contributed by atoms with Crippen molar-refractivity contribution < 1.29 is 9.53 Å². The largest absolute Gasteiger partial charge is 0.495 e. The van der Waals surface area contributed by atoms with Gasteiger partial charge in [0.2, 0.25) is 5.91 Å². The van der Waals surface area contributed by atoms with E-state index in [2.05, 4.69) is 15.6 Å². The smallest absolute Gasteiger partial charge is 0.239 e. The van der Waals surface area contributed by atoms with Crippen LogP contribution in [0, 0.1) is 0 Å². The predicted molar refractivity (Wildman–Crippen MR) is 77.6 cm³/mol. The number of benzene rings is 1. The van der Waals surface area contributed by atoms with Gasteiger partial charge >= 0.3 is 0 Å². The van der Waals surface area contributed by atoms with Gasteiger partial charge in [0.1, 0.15) is 5.75 Å². The van der Waals surface area contributed by atoms with Gasteiger partial charge in [0.25, 0.3) is 0 Å². The molecule has 0 saturated carbocycles. The molecule has 0 saturated heterocycles. The lowest BCUT2D eigenvalue weighted by atomic mass is 10.3. The van der Waals surface area contributed by atoms with Gasteiger partial charge in [-0.2, -0.15) is 0 Å². The summed E-state index contributed by atoms with van der Waals surface area (Å²) < 4.78 is 5.20. The zero-order valence-corrected chi connectivity index (χ0v) is 11.3. The fourth-order valence-corrected chi connectivity index (χ4v) is 1.73. The molecule has 5 nitrogen and oxygen atoms in total. The fourth-order valence-electron chi connectivity index (χ4n) is 1.73. The van der Waals surface area contributed by atoms with Crippen molar-refractivity contribution in [3.8, 4) is 5.75 Å². The first-order valence-corrected chi connectivity index (χ1v) is 6.32. The molecular weight excluding hydrogens is 254 g/mol. The standard InChI is InChI=1S/C15H17N3O2/c1-20-14-7-3-2-6-13(14)17-11-15(19)18-10-12-5-4-8-16-9-12/h2-9,17H,10-11H2,1H3,(H,18,19). The number of anilines is 1. The number of hydrogen-bond donors (Lipinski definition) is 2. The van der Waals surface area contributed by atoms with Gasteiger partial charge in [-0.25, -0.2) is 0 Å². The van der Waals surface area contributed by atoms with Gasteiger partial charge in [-0.05, 0) is 23.8 Å². The molecule has 0 radical (unpaired) electrons. The number of nitrogens with one attached hydrogen (secondary N) is 2. The molecule has 0 unspecified atom stereocenters. The highest BCUT2D eigenvalue weighted by Gasteiger charge is 2.04. The van der Waals surface area contributed by atoms with Gasteiger partial charge in [-0.15, -0.1) is 0 Å². The van der Waals surface area contributed by atoms with E-state index in [9.17, 15) is 4.79 Å². The molecule has 20 heavy (non-hydrogen) atoms. The Morgan fingerprint density at radius 3 is 2.85 bits per heavy atom. The minimum Gasteiger partial charge on any atom is -0.495 e. The lowest BCUT2D eigenvalue weighted by molar-refractivity contribution is -0.119. The van der Waals surface area contributed by atoms with E-state index in [1.165, 1.54) is 0 Å². The van der Waals surface area contributed by atoms with E-state index in [1.54, 1.807) is 19.5 Å². The topological polar surface area (TPSA) is 63.2 Å². The third-order valence-electron chi connectivity index (χ3n) is 2.76. The van der Waals surface area contributed by atoms with Crippen molar-refractivity contribution in [3.63, 3.8) is 0 Å². The molecule has 1 heterocycles. The predicted octanol–water partition coefficient (Wildman–Crippen LogP) is 1.82. The maximum atomic E-state index is 11.8. The van der Waals surface area contributed by atoms with Gasteiger partial charge in [0.05, 0.1) is 19.3 Å². The number of nitrogens with zero attached hydrogens (tertiary/aromatic N) is 1. The van der Waals surface area contributed by atoms with Gasteiger partial charge in [0.15, 0.2) is 0 Å². The maximum Gasteiger partial charge on any atom is 0.239 e. The molecule has 0 bridgehead atoms. The van der Waals surface area contributed by atoms with Crippen molar-refractivity contribution in [2.75, 3.05) is 19.0 Å². The number of methoxy groups -OCH3 is 1. The summed E-state index contributed by atoms with van der Waals surface area (Å²) in [5, 5.41) is 5.87. The number of para-hydroxylation sites is 2. The molecule has 0 spiro atoms. The molecule has 0 atom stereocenters. The molecule has 2 N–H and O–H groups in total. The fraction of sp³-hybridized carbons (Fsp3) is 0.200. The van der Waals surface area contributed by atoms with E-state index in [0.717, 1.165) is 11.3 Å². The van der Waals surface area contributed by atoms with Crippen LogP contribution in [0.5, 0.6) is 5.75 Å². The normalized spacial score (nSPS) is 9.85. The van der Waals surface area contributed by atoms with E-state index in [4.69, 9.17) is 4.74 Å². The first-order chi connectivity index (χ1) is 9.79. The average Bonchev–Trinajstić information content (AvgIpc) is 2.52. The van der Waals surface area contributed by atoms with E-state index < -0.39 is 0 Å². The quantitative estimate of drug-likeness (QED) is 0.841. The zero-order valence-electron chi connectivity index (χ0n) is 11.3. The van der Waals surface area contributed by atoms with Gasteiger partial charge < -0.3 is 15.4 Å². The third-order valence-corrected chi connectivity index (χ3v) is 2.76. The SMILES string of the molecule is COc1ccccc1NCC(=O)NCc1cccnc1. The summed E-state index contributed by atoms with van der Waals surface area (Å²) >= 11 is 0. The monoisotopic (exact) mass is 271 g/mol. The Morgan fingerprint density at radius 2 is 2.10 bits per heavy atom. The summed E-state index contributed by atoms with van der Waals surface area (Å²) in [7, 11) is 1.60. The molecule has 0 aliphatic carbocycles. The number of pyridine rings is 1. The summed E-state index contributed by atoms with van der Waals surface area (Å²) in [6, 6.07) is 11.2. The third kappa shape index (κ3) is 3.98. The van der Waals surface area contributed by atoms with Gasteiger partial charge in [-0.3, -0.25) is 9.78 Å². The lowest BCUT2D eigenvalue weighted by Gasteiger charge is -2.11. The second-order valence-electron chi connectivity index (χ2n) is 4.19. The molecule has 0 aliphatic rings. The summed E-state index contributed by atoms with van der Waals surface area (Å²) in [5.41, 5.74) is 1.77. The van der Waals surface area contributed by atoms with E-state index in [-0.39, 0.29) is 12.5 Å². The summed E-state index contributed by atoms with van der Waals surface area (Å²) in [5.74, 6) is 0.632. The molecule has 1 aromatic heterocycles. The first kappa shape index (κ1) is 13.9. The lowest BCUT2D eigenvalue weighted by Crippen LogP contribution is -2.29. The van der Waals surface area contributed by atoms with E-state index in [0.29, 0.717) is 12.3 Å². The molecule has 0 aliphatic heterocycles. The van der Waals surface area contributed by atoms with Crippen LogP contribution in [0.2, 0.25) is 0 Å². The Labute approximate surface area is 118 Å². The number of hydrogen-bond acceptors (Lipinski definition) is 4. The van der Waals surface area contributed by atoms with Crippen LogP contribution in [0.15, 0.2) is 48.8 Å². The van der Waals surface area contributed by atoms with Crippen LogP contribution in [0.25, 0.3) is 0 Å². The zero-order chi connectivity index (χ0) is 14.2. The van der Waals surface area contributed by atoms with E-state index in [1.807, 2.05) is 36.4 Å². The van der Waals surface area contributed by atoms with Gasteiger partial charge in [0, 0.05) is 18.9 Å². The summed E-state index contributed by atoms with van der Waals surface area (Å²) in [6.45, 7) is 0.668. The minimum absolute atomic E-state index is 0.0836.